The molecule has 1 N–H and O–H groups in total. The van der Waals surface area contributed by atoms with E-state index in [1.54, 1.807) is 17.8 Å². The van der Waals surface area contributed by atoms with Crippen molar-refractivity contribution in [3.8, 4) is 0 Å². The van der Waals surface area contributed by atoms with Crippen molar-refractivity contribution < 1.29 is 5.11 Å². The van der Waals surface area contributed by atoms with Gasteiger partial charge in [0, 0.05) is 7.05 Å². The molecule has 16 heavy (non-hydrogen) atoms. The zero-order valence-corrected chi connectivity index (χ0v) is 9.62. The summed E-state index contributed by atoms with van der Waals surface area (Å²) < 4.78 is 3.51. The standard InChI is InChI=1S/C10H15N5O/c1-7-4-9(14(3)12-7)5-15-6-10(8(2)16)11-13-15/h4,6,8,16H,5H2,1-3H3. The predicted octanol–water partition coefficient (Wildman–Crippen LogP) is 0.422. The van der Waals surface area contributed by atoms with E-state index in [2.05, 4.69) is 15.4 Å². The molecule has 6 nitrogen and oxygen atoms in total. The van der Waals surface area contributed by atoms with Gasteiger partial charge in [-0.3, -0.25) is 4.68 Å². The van der Waals surface area contributed by atoms with Gasteiger partial charge in [-0.2, -0.15) is 5.10 Å². The number of hydrogen-bond acceptors (Lipinski definition) is 4. The summed E-state index contributed by atoms with van der Waals surface area (Å²) in [4.78, 5) is 0. The average molecular weight is 221 g/mol. The van der Waals surface area contributed by atoms with E-state index in [0.29, 0.717) is 12.2 Å². The molecule has 1 unspecified atom stereocenters. The molecule has 2 rings (SSSR count). The molecule has 0 aliphatic rings. The molecule has 0 fully saturated rings. The van der Waals surface area contributed by atoms with Crippen LogP contribution in [0, 0.1) is 6.92 Å². The van der Waals surface area contributed by atoms with Crippen molar-refractivity contribution >= 4 is 0 Å². The molecule has 1 atom stereocenters. The van der Waals surface area contributed by atoms with Crippen LogP contribution in [-0.2, 0) is 13.6 Å². The quantitative estimate of drug-likeness (QED) is 0.815. The smallest absolute Gasteiger partial charge is 0.111 e. The van der Waals surface area contributed by atoms with E-state index in [-0.39, 0.29) is 0 Å². The number of aromatic nitrogens is 5. The van der Waals surface area contributed by atoms with Crippen molar-refractivity contribution in [1.29, 1.82) is 0 Å². The Morgan fingerprint density at radius 1 is 1.50 bits per heavy atom. The highest BCUT2D eigenvalue weighted by Gasteiger charge is 2.08. The van der Waals surface area contributed by atoms with E-state index in [4.69, 9.17) is 0 Å². The van der Waals surface area contributed by atoms with Gasteiger partial charge in [0.05, 0.1) is 30.2 Å². The Kier molecular flexibility index (Phi) is 2.74. The van der Waals surface area contributed by atoms with E-state index in [1.165, 1.54) is 0 Å². The largest absolute Gasteiger partial charge is 0.387 e. The molecular weight excluding hydrogens is 206 g/mol. The normalized spacial score (nSPS) is 13.0. The van der Waals surface area contributed by atoms with Crippen molar-refractivity contribution in [2.45, 2.75) is 26.5 Å². The zero-order chi connectivity index (χ0) is 11.7. The highest BCUT2D eigenvalue weighted by molar-refractivity contribution is 5.09. The third-order valence-electron chi connectivity index (χ3n) is 2.41. The molecule has 2 aromatic rings. The van der Waals surface area contributed by atoms with Crippen LogP contribution in [0.1, 0.15) is 30.1 Å². The van der Waals surface area contributed by atoms with Crippen molar-refractivity contribution in [2.75, 3.05) is 0 Å². The second-order valence-electron chi connectivity index (χ2n) is 3.92. The summed E-state index contributed by atoms with van der Waals surface area (Å²) >= 11 is 0. The molecule has 86 valence electrons. The molecule has 6 heteroatoms. The molecule has 0 amide bonds. The minimum atomic E-state index is -0.581. The Labute approximate surface area is 93.5 Å². The van der Waals surface area contributed by atoms with E-state index < -0.39 is 6.10 Å². The van der Waals surface area contributed by atoms with E-state index >= 15 is 0 Å². The maximum atomic E-state index is 9.33. The van der Waals surface area contributed by atoms with Gasteiger partial charge in [-0.15, -0.1) is 5.10 Å². The third kappa shape index (κ3) is 2.11. The van der Waals surface area contributed by atoms with Crippen LogP contribution < -0.4 is 0 Å². The lowest BCUT2D eigenvalue weighted by Gasteiger charge is -2.00. The van der Waals surface area contributed by atoms with Crippen molar-refractivity contribution in [3.63, 3.8) is 0 Å². The number of aliphatic hydroxyl groups is 1. The summed E-state index contributed by atoms with van der Waals surface area (Å²) in [5, 5.41) is 21.4. The van der Waals surface area contributed by atoms with Gasteiger partial charge in [0.25, 0.3) is 0 Å². The second-order valence-corrected chi connectivity index (χ2v) is 3.92. The van der Waals surface area contributed by atoms with Crippen molar-refractivity contribution in [2.24, 2.45) is 7.05 Å². The molecule has 2 heterocycles. The average Bonchev–Trinajstić information content (AvgIpc) is 2.75. The van der Waals surface area contributed by atoms with Crippen LogP contribution in [0.15, 0.2) is 12.3 Å². The molecule has 0 aliphatic heterocycles. The van der Waals surface area contributed by atoms with Crippen LogP contribution in [0.2, 0.25) is 0 Å². The minimum absolute atomic E-state index is 0.581. The number of hydrogen-bond donors (Lipinski definition) is 1. The lowest BCUT2D eigenvalue weighted by molar-refractivity contribution is 0.194. The lowest BCUT2D eigenvalue weighted by atomic mass is 10.3. The molecular formula is C10H15N5O. The summed E-state index contributed by atoms with van der Waals surface area (Å²) in [6.07, 6.45) is 1.16. The fraction of sp³-hybridized carbons (Fsp3) is 0.500. The van der Waals surface area contributed by atoms with Gasteiger partial charge in [-0.25, -0.2) is 4.68 Å². The maximum Gasteiger partial charge on any atom is 0.111 e. The van der Waals surface area contributed by atoms with Crippen molar-refractivity contribution in [1.82, 2.24) is 24.8 Å². The number of nitrogens with zero attached hydrogens (tertiary/aromatic N) is 5. The first-order chi connectivity index (χ1) is 7.56. The molecule has 0 saturated heterocycles. The van der Waals surface area contributed by atoms with Crippen molar-refractivity contribution in [3.05, 3.63) is 29.3 Å². The van der Waals surface area contributed by atoms with Gasteiger partial charge in [0.1, 0.15) is 5.69 Å². The molecule has 0 radical (unpaired) electrons. The van der Waals surface area contributed by atoms with Gasteiger partial charge in [-0.05, 0) is 19.9 Å². The molecule has 0 aromatic carbocycles. The Morgan fingerprint density at radius 2 is 2.25 bits per heavy atom. The monoisotopic (exact) mass is 221 g/mol. The first-order valence-corrected chi connectivity index (χ1v) is 5.14. The third-order valence-corrected chi connectivity index (χ3v) is 2.41. The molecule has 0 saturated carbocycles. The Balaban J connectivity index is 2.17. The van der Waals surface area contributed by atoms with E-state index in [0.717, 1.165) is 11.4 Å². The van der Waals surface area contributed by atoms with Gasteiger partial charge >= 0.3 is 0 Å². The topological polar surface area (TPSA) is 68.8 Å². The molecule has 2 aromatic heterocycles. The first kappa shape index (κ1) is 10.8. The summed E-state index contributed by atoms with van der Waals surface area (Å²) in [5.41, 5.74) is 2.62. The van der Waals surface area contributed by atoms with Gasteiger partial charge < -0.3 is 5.11 Å². The van der Waals surface area contributed by atoms with Crippen LogP contribution in [0.25, 0.3) is 0 Å². The minimum Gasteiger partial charge on any atom is -0.387 e. The number of aryl methyl sites for hydroxylation is 2. The Morgan fingerprint density at radius 3 is 2.75 bits per heavy atom. The Bertz CT molecular complexity index is 485. The van der Waals surface area contributed by atoms with Crippen LogP contribution in [0.3, 0.4) is 0 Å². The van der Waals surface area contributed by atoms with Crippen LogP contribution in [-0.4, -0.2) is 29.9 Å². The Hall–Kier alpha value is -1.69. The fourth-order valence-corrected chi connectivity index (χ4v) is 1.56. The first-order valence-electron chi connectivity index (χ1n) is 5.14. The van der Waals surface area contributed by atoms with E-state index in [1.807, 2.05) is 24.7 Å². The molecule has 0 aliphatic carbocycles. The van der Waals surface area contributed by atoms with Gasteiger partial charge in [0.15, 0.2) is 0 Å². The summed E-state index contributed by atoms with van der Waals surface area (Å²) in [5.74, 6) is 0. The zero-order valence-electron chi connectivity index (χ0n) is 9.62. The van der Waals surface area contributed by atoms with Crippen LogP contribution in [0.4, 0.5) is 0 Å². The van der Waals surface area contributed by atoms with Crippen LogP contribution >= 0.6 is 0 Å². The van der Waals surface area contributed by atoms with Crippen LogP contribution in [0.5, 0.6) is 0 Å². The van der Waals surface area contributed by atoms with Gasteiger partial charge in [-0.1, -0.05) is 5.21 Å². The van der Waals surface area contributed by atoms with E-state index in [9.17, 15) is 5.11 Å². The summed E-state index contributed by atoms with van der Waals surface area (Å²) in [7, 11) is 1.90. The highest BCUT2D eigenvalue weighted by atomic mass is 16.3. The fourth-order valence-electron chi connectivity index (χ4n) is 1.56. The summed E-state index contributed by atoms with van der Waals surface area (Å²) in [6.45, 7) is 4.23. The highest BCUT2D eigenvalue weighted by Crippen LogP contribution is 2.08. The second kappa shape index (κ2) is 4.05. The predicted molar refractivity (Wildman–Crippen MR) is 57.7 cm³/mol. The maximum absolute atomic E-state index is 9.33. The molecule has 0 spiro atoms. The number of aliphatic hydroxyl groups excluding tert-OH is 1. The summed E-state index contributed by atoms with van der Waals surface area (Å²) in [6, 6.07) is 2.00. The SMILES string of the molecule is Cc1cc(Cn2cc(C(C)O)nn2)n(C)n1. The molecule has 0 bridgehead atoms. The lowest BCUT2D eigenvalue weighted by Crippen LogP contribution is -2.06. The van der Waals surface area contributed by atoms with Gasteiger partial charge in [0.2, 0.25) is 0 Å². The number of rotatable bonds is 3.